The van der Waals surface area contributed by atoms with E-state index < -0.39 is 0 Å². The van der Waals surface area contributed by atoms with E-state index in [1.54, 1.807) is 11.8 Å². The summed E-state index contributed by atoms with van der Waals surface area (Å²) < 4.78 is 0. The molecule has 0 unspecified atom stereocenters. The van der Waals surface area contributed by atoms with E-state index in [1.165, 1.54) is 0 Å². The van der Waals surface area contributed by atoms with E-state index in [1.807, 2.05) is 30.3 Å². The summed E-state index contributed by atoms with van der Waals surface area (Å²) in [5, 5.41) is 5.00. The number of nitrogens with zero attached hydrogens (tertiary/aromatic N) is 2. The Labute approximate surface area is 135 Å². The maximum Gasteiger partial charge on any atom is 0.134 e. The summed E-state index contributed by atoms with van der Waals surface area (Å²) >= 11 is 7.79. The second-order valence-electron chi connectivity index (χ2n) is 5.06. The van der Waals surface area contributed by atoms with Gasteiger partial charge >= 0.3 is 0 Å². The molecule has 1 N–H and O–H groups in total. The molecule has 21 heavy (non-hydrogen) atoms. The lowest BCUT2D eigenvalue weighted by molar-refractivity contribution is 0.753. The number of anilines is 1. The smallest absolute Gasteiger partial charge is 0.134 e. The molecule has 0 amide bonds. The summed E-state index contributed by atoms with van der Waals surface area (Å²) in [5.41, 5.74) is 0. The highest BCUT2D eigenvalue weighted by atomic mass is 35.5. The van der Waals surface area contributed by atoms with Crippen molar-refractivity contribution in [1.82, 2.24) is 9.97 Å². The molecule has 112 valence electrons. The van der Waals surface area contributed by atoms with Crippen LogP contribution < -0.4 is 5.32 Å². The molecule has 0 saturated carbocycles. The predicted octanol–water partition coefficient (Wildman–Crippen LogP) is 5.23. The predicted molar refractivity (Wildman–Crippen MR) is 90.5 cm³/mol. The molecule has 2 aromatic rings. The quantitative estimate of drug-likeness (QED) is 0.739. The molecule has 0 spiro atoms. The number of aromatic nitrogens is 2. The fourth-order valence-corrected chi connectivity index (χ4v) is 2.84. The molecule has 0 aliphatic heterocycles. The lowest BCUT2D eigenvalue weighted by Crippen LogP contribution is -2.06. The Hall–Kier alpha value is -1.26. The molecule has 0 bridgehead atoms. The number of rotatable bonds is 6. The van der Waals surface area contributed by atoms with Crippen molar-refractivity contribution in [3.63, 3.8) is 0 Å². The van der Waals surface area contributed by atoms with E-state index in [0.29, 0.717) is 5.92 Å². The van der Waals surface area contributed by atoms with E-state index in [-0.39, 0.29) is 0 Å². The molecular weight excluding hydrogens is 302 g/mol. The Kier molecular flexibility index (Phi) is 5.88. The second kappa shape index (κ2) is 7.66. The van der Waals surface area contributed by atoms with Crippen LogP contribution in [0.5, 0.6) is 0 Å². The lowest BCUT2D eigenvalue weighted by atomic mass is 10.2. The molecule has 0 radical (unpaired) electrons. The Morgan fingerprint density at radius 1 is 1.24 bits per heavy atom. The first-order chi connectivity index (χ1) is 10.1. The zero-order valence-corrected chi connectivity index (χ0v) is 14.1. The summed E-state index contributed by atoms with van der Waals surface area (Å²) in [5.74, 6) is 2.02. The highest BCUT2D eigenvalue weighted by Gasteiger charge is 2.10. The Morgan fingerprint density at radius 2 is 2.00 bits per heavy atom. The number of hydrogen-bond acceptors (Lipinski definition) is 4. The van der Waals surface area contributed by atoms with Gasteiger partial charge < -0.3 is 5.32 Å². The zero-order valence-electron chi connectivity index (χ0n) is 12.6. The molecule has 2 rings (SSSR count). The summed E-state index contributed by atoms with van der Waals surface area (Å²) in [4.78, 5) is 10.2. The molecule has 0 saturated heterocycles. The SMILES string of the molecule is CCCNc1cc(Sc2ccccc2Cl)nc(C(C)C)n1. The number of hydrogen-bond donors (Lipinski definition) is 1. The lowest BCUT2D eigenvalue weighted by Gasteiger charge is -2.11. The van der Waals surface area contributed by atoms with Crippen LogP contribution in [-0.4, -0.2) is 16.5 Å². The summed E-state index contributed by atoms with van der Waals surface area (Å²) in [6.45, 7) is 7.24. The Bertz CT molecular complexity index is 602. The van der Waals surface area contributed by atoms with E-state index in [2.05, 4.69) is 36.1 Å². The van der Waals surface area contributed by atoms with Crippen molar-refractivity contribution in [2.24, 2.45) is 0 Å². The van der Waals surface area contributed by atoms with Gasteiger partial charge in [0.15, 0.2) is 0 Å². The fourth-order valence-electron chi connectivity index (χ4n) is 1.74. The van der Waals surface area contributed by atoms with Gasteiger partial charge in [-0.15, -0.1) is 0 Å². The van der Waals surface area contributed by atoms with Crippen LogP contribution in [0.1, 0.15) is 38.9 Å². The van der Waals surface area contributed by atoms with Gasteiger partial charge in [-0.1, -0.05) is 56.3 Å². The maximum atomic E-state index is 6.22. The van der Waals surface area contributed by atoms with Gasteiger partial charge in [0.1, 0.15) is 16.7 Å². The van der Waals surface area contributed by atoms with Crippen LogP contribution in [0.3, 0.4) is 0 Å². The van der Waals surface area contributed by atoms with Gasteiger partial charge in [-0.3, -0.25) is 0 Å². The van der Waals surface area contributed by atoms with E-state index in [0.717, 1.165) is 39.6 Å². The fraction of sp³-hybridized carbons (Fsp3) is 0.375. The monoisotopic (exact) mass is 321 g/mol. The van der Waals surface area contributed by atoms with Crippen LogP contribution in [0.25, 0.3) is 0 Å². The van der Waals surface area contributed by atoms with E-state index >= 15 is 0 Å². The number of nitrogens with one attached hydrogen (secondary N) is 1. The van der Waals surface area contributed by atoms with Crippen molar-refractivity contribution in [1.29, 1.82) is 0 Å². The molecule has 0 fully saturated rings. The van der Waals surface area contributed by atoms with Crippen LogP contribution in [-0.2, 0) is 0 Å². The van der Waals surface area contributed by atoms with Crippen molar-refractivity contribution >= 4 is 29.2 Å². The molecule has 0 aliphatic carbocycles. The molecule has 0 atom stereocenters. The molecule has 1 aromatic heterocycles. The van der Waals surface area contributed by atoms with Gasteiger partial charge in [0.2, 0.25) is 0 Å². The minimum Gasteiger partial charge on any atom is -0.370 e. The topological polar surface area (TPSA) is 37.8 Å². The third kappa shape index (κ3) is 4.61. The Morgan fingerprint density at radius 3 is 2.67 bits per heavy atom. The van der Waals surface area contributed by atoms with E-state index in [4.69, 9.17) is 11.6 Å². The van der Waals surface area contributed by atoms with Crippen molar-refractivity contribution in [3.8, 4) is 0 Å². The summed E-state index contributed by atoms with van der Waals surface area (Å²) in [7, 11) is 0. The van der Waals surface area contributed by atoms with Gasteiger partial charge in [0.05, 0.1) is 5.02 Å². The Balaban J connectivity index is 2.29. The van der Waals surface area contributed by atoms with Crippen LogP contribution in [0.4, 0.5) is 5.82 Å². The zero-order chi connectivity index (χ0) is 15.2. The third-order valence-corrected chi connectivity index (χ3v) is 4.28. The minimum atomic E-state index is 0.291. The average Bonchev–Trinajstić information content (AvgIpc) is 2.47. The standard InChI is InChI=1S/C16H20ClN3S/c1-4-9-18-14-10-15(20-16(19-14)11(2)3)21-13-8-6-5-7-12(13)17/h5-8,10-11H,4,9H2,1-3H3,(H,18,19,20). The van der Waals surface area contributed by atoms with Crippen molar-refractivity contribution < 1.29 is 0 Å². The summed E-state index contributed by atoms with van der Waals surface area (Å²) in [6.07, 6.45) is 1.06. The second-order valence-corrected chi connectivity index (χ2v) is 6.53. The molecule has 3 nitrogen and oxygen atoms in total. The number of benzene rings is 1. The molecular formula is C16H20ClN3S. The van der Waals surface area contributed by atoms with Gasteiger partial charge in [-0.05, 0) is 18.6 Å². The van der Waals surface area contributed by atoms with Crippen molar-refractivity contribution in [2.75, 3.05) is 11.9 Å². The van der Waals surface area contributed by atoms with Gasteiger partial charge in [0, 0.05) is 23.4 Å². The molecule has 1 heterocycles. The van der Waals surface area contributed by atoms with E-state index in [9.17, 15) is 0 Å². The van der Waals surface area contributed by atoms with Crippen molar-refractivity contribution in [3.05, 3.63) is 41.2 Å². The third-order valence-electron chi connectivity index (χ3n) is 2.84. The first-order valence-corrected chi connectivity index (χ1v) is 8.34. The highest BCUT2D eigenvalue weighted by Crippen LogP contribution is 2.33. The van der Waals surface area contributed by atoms with Crippen molar-refractivity contribution in [2.45, 2.75) is 43.0 Å². The normalized spacial score (nSPS) is 10.9. The van der Waals surface area contributed by atoms with Crippen LogP contribution in [0.15, 0.2) is 40.3 Å². The number of halogens is 1. The van der Waals surface area contributed by atoms with Gasteiger partial charge in [-0.2, -0.15) is 0 Å². The largest absolute Gasteiger partial charge is 0.370 e. The summed E-state index contributed by atoms with van der Waals surface area (Å²) in [6, 6.07) is 9.79. The molecule has 0 aliphatic rings. The van der Waals surface area contributed by atoms with Crippen LogP contribution in [0, 0.1) is 0 Å². The average molecular weight is 322 g/mol. The first-order valence-electron chi connectivity index (χ1n) is 7.15. The molecule has 5 heteroatoms. The molecule has 1 aromatic carbocycles. The highest BCUT2D eigenvalue weighted by molar-refractivity contribution is 7.99. The minimum absolute atomic E-state index is 0.291. The van der Waals surface area contributed by atoms with Gasteiger partial charge in [-0.25, -0.2) is 9.97 Å². The van der Waals surface area contributed by atoms with Gasteiger partial charge in [0.25, 0.3) is 0 Å². The maximum absolute atomic E-state index is 6.22. The van der Waals surface area contributed by atoms with Crippen LogP contribution >= 0.6 is 23.4 Å². The first kappa shape index (κ1) is 16.1. The van der Waals surface area contributed by atoms with Crippen LogP contribution in [0.2, 0.25) is 5.02 Å².